The van der Waals surface area contributed by atoms with Crippen molar-refractivity contribution >= 4 is 11.9 Å². The Labute approximate surface area is 131 Å². The standard InChI is InChI=1S/C16H16FN3O3/c17-12-5-3-10(4-6-12)14-13(8-18-19-14)15(21)20-7-1-2-11(9-20)16(22)23/h3-6,8,11H,1-2,7,9H2,(H,18,19)(H,22,23). The minimum Gasteiger partial charge on any atom is -0.481 e. The highest BCUT2D eigenvalue weighted by molar-refractivity contribution is 6.00. The van der Waals surface area contributed by atoms with Crippen LogP contribution >= 0.6 is 0 Å². The molecule has 1 atom stereocenters. The second-order valence-corrected chi connectivity index (χ2v) is 5.59. The summed E-state index contributed by atoms with van der Waals surface area (Å²) in [5.74, 6) is -2.03. The lowest BCUT2D eigenvalue weighted by Gasteiger charge is -2.30. The zero-order valence-electron chi connectivity index (χ0n) is 12.3. The fraction of sp³-hybridized carbons (Fsp3) is 0.312. The number of likely N-dealkylation sites (tertiary alicyclic amines) is 1. The van der Waals surface area contributed by atoms with Gasteiger partial charge in [-0.25, -0.2) is 4.39 Å². The first kappa shape index (κ1) is 15.2. The number of halogens is 1. The highest BCUT2D eigenvalue weighted by Gasteiger charge is 2.30. The number of amides is 1. The summed E-state index contributed by atoms with van der Waals surface area (Å²) >= 11 is 0. The van der Waals surface area contributed by atoms with Gasteiger partial charge in [-0.15, -0.1) is 0 Å². The average Bonchev–Trinajstić information content (AvgIpc) is 3.04. The number of carbonyl (C=O) groups excluding carboxylic acids is 1. The molecule has 1 saturated heterocycles. The largest absolute Gasteiger partial charge is 0.481 e. The van der Waals surface area contributed by atoms with Crippen molar-refractivity contribution in [2.45, 2.75) is 12.8 Å². The third-order valence-electron chi connectivity index (χ3n) is 4.06. The molecular formula is C16H16FN3O3. The summed E-state index contributed by atoms with van der Waals surface area (Å²) < 4.78 is 13.0. The summed E-state index contributed by atoms with van der Waals surface area (Å²) in [5.41, 5.74) is 1.52. The van der Waals surface area contributed by atoms with Gasteiger partial charge in [0.2, 0.25) is 0 Å². The SMILES string of the molecule is O=C(O)C1CCCN(C(=O)c2cn[nH]c2-c2ccc(F)cc2)C1. The van der Waals surface area contributed by atoms with E-state index in [1.807, 2.05) is 0 Å². The van der Waals surface area contributed by atoms with Gasteiger partial charge in [0.05, 0.1) is 23.4 Å². The van der Waals surface area contributed by atoms with Gasteiger partial charge >= 0.3 is 5.97 Å². The Morgan fingerprint density at radius 3 is 2.74 bits per heavy atom. The number of carboxylic acids is 1. The van der Waals surface area contributed by atoms with Crippen molar-refractivity contribution in [2.24, 2.45) is 5.92 Å². The second-order valence-electron chi connectivity index (χ2n) is 5.59. The van der Waals surface area contributed by atoms with Gasteiger partial charge in [-0.05, 0) is 37.1 Å². The number of benzene rings is 1. The van der Waals surface area contributed by atoms with Crippen LogP contribution in [0.2, 0.25) is 0 Å². The van der Waals surface area contributed by atoms with E-state index in [4.69, 9.17) is 5.11 Å². The predicted octanol–water partition coefficient (Wildman–Crippen LogP) is 2.15. The molecule has 1 fully saturated rings. The molecule has 1 aromatic heterocycles. The number of rotatable bonds is 3. The van der Waals surface area contributed by atoms with Gasteiger partial charge in [-0.3, -0.25) is 14.7 Å². The Morgan fingerprint density at radius 2 is 2.04 bits per heavy atom. The molecule has 6 nitrogen and oxygen atoms in total. The highest BCUT2D eigenvalue weighted by Crippen LogP contribution is 2.25. The third kappa shape index (κ3) is 3.08. The Balaban J connectivity index is 1.85. The van der Waals surface area contributed by atoms with Gasteiger partial charge in [0.15, 0.2) is 0 Å². The smallest absolute Gasteiger partial charge is 0.308 e. The number of hydrogen-bond donors (Lipinski definition) is 2. The number of nitrogens with one attached hydrogen (secondary N) is 1. The zero-order valence-corrected chi connectivity index (χ0v) is 12.3. The number of carbonyl (C=O) groups is 2. The predicted molar refractivity (Wildman–Crippen MR) is 80.2 cm³/mol. The summed E-state index contributed by atoms with van der Waals surface area (Å²) in [5, 5.41) is 15.8. The average molecular weight is 317 g/mol. The van der Waals surface area contributed by atoms with Crippen molar-refractivity contribution in [1.29, 1.82) is 0 Å². The number of aromatic nitrogens is 2. The molecule has 2 aromatic rings. The molecule has 1 aliphatic heterocycles. The van der Waals surface area contributed by atoms with Crippen LogP contribution in [0.25, 0.3) is 11.3 Å². The Bertz CT molecular complexity index is 726. The zero-order chi connectivity index (χ0) is 16.4. The number of H-pyrrole nitrogens is 1. The number of nitrogens with zero attached hydrogens (tertiary/aromatic N) is 2. The highest BCUT2D eigenvalue weighted by atomic mass is 19.1. The van der Waals surface area contributed by atoms with E-state index in [2.05, 4.69) is 10.2 Å². The maximum Gasteiger partial charge on any atom is 0.308 e. The molecule has 1 amide bonds. The molecule has 2 heterocycles. The Hall–Kier alpha value is -2.70. The minimum absolute atomic E-state index is 0.197. The Kier molecular flexibility index (Phi) is 4.10. The number of hydrogen-bond acceptors (Lipinski definition) is 3. The molecule has 0 radical (unpaired) electrons. The summed E-state index contributed by atoms with van der Waals surface area (Å²) in [6, 6.07) is 5.75. The fourth-order valence-electron chi connectivity index (χ4n) is 2.82. The van der Waals surface area contributed by atoms with Crippen LogP contribution in [0.15, 0.2) is 30.5 Å². The monoisotopic (exact) mass is 317 g/mol. The van der Waals surface area contributed by atoms with Gasteiger partial charge in [0.25, 0.3) is 5.91 Å². The maximum atomic E-state index is 13.0. The number of carboxylic acid groups (broad SMARTS) is 1. The van der Waals surface area contributed by atoms with E-state index in [0.29, 0.717) is 36.2 Å². The maximum absolute atomic E-state index is 13.0. The molecule has 3 rings (SSSR count). The molecule has 1 aliphatic rings. The van der Waals surface area contributed by atoms with Gasteiger partial charge in [0, 0.05) is 18.7 Å². The molecular weight excluding hydrogens is 301 g/mol. The third-order valence-corrected chi connectivity index (χ3v) is 4.06. The van der Waals surface area contributed by atoms with Crippen molar-refractivity contribution in [3.8, 4) is 11.3 Å². The summed E-state index contributed by atoms with van der Waals surface area (Å²) in [6.07, 6.45) is 2.66. The first-order chi connectivity index (χ1) is 11.1. The topological polar surface area (TPSA) is 86.3 Å². The first-order valence-corrected chi connectivity index (χ1v) is 7.37. The van der Waals surface area contributed by atoms with Crippen molar-refractivity contribution < 1.29 is 19.1 Å². The quantitative estimate of drug-likeness (QED) is 0.908. The van der Waals surface area contributed by atoms with E-state index >= 15 is 0 Å². The lowest BCUT2D eigenvalue weighted by atomic mass is 9.97. The number of aromatic amines is 1. The van der Waals surface area contributed by atoms with E-state index in [-0.39, 0.29) is 18.3 Å². The van der Waals surface area contributed by atoms with Crippen LogP contribution in [0.4, 0.5) is 4.39 Å². The molecule has 2 N–H and O–H groups in total. The molecule has 0 spiro atoms. The van der Waals surface area contributed by atoms with Gasteiger partial charge < -0.3 is 10.0 Å². The van der Waals surface area contributed by atoms with Crippen LogP contribution in [-0.2, 0) is 4.79 Å². The van der Waals surface area contributed by atoms with Crippen molar-refractivity contribution in [1.82, 2.24) is 15.1 Å². The van der Waals surface area contributed by atoms with Crippen LogP contribution in [-0.4, -0.2) is 45.2 Å². The minimum atomic E-state index is -0.881. The van der Waals surface area contributed by atoms with Crippen molar-refractivity contribution in [3.63, 3.8) is 0 Å². The summed E-state index contributed by atoms with van der Waals surface area (Å²) in [7, 11) is 0. The van der Waals surface area contributed by atoms with Crippen molar-refractivity contribution in [3.05, 3.63) is 41.8 Å². The first-order valence-electron chi connectivity index (χ1n) is 7.37. The molecule has 0 bridgehead atoms. The van der Waals surface area contributed by atoms with Crippen molar-refractivity contribution in [2.75, 3.05) is 13.1 Å². The van der Waals surface area contributed by atoms with E-state index < -0.39 is 11.9 Å². The second kappa shape index (κ2) is 6.20. The van der Waals surface area contributed by atoms with Gasteiger partial charge in [-0.2, -0.15) is 5.10 Å². The molecule has 0 aliphatic carbocycles. The molecule has 0 saturated carbocycles. The van der Waals surface area contributed by atoms with Gasteiger partial charge in [0.1, 0.15) is 5.82 Å². The summed E-state index contributed by atoms with van der Waals surface area (Å²) in [4.78, 5) is 25.4. The van der Waals surface area contributed by atoms with Crippen LogP contribution in [0.5, 0.6) is 0 Å². The Morgan fingerprint density at radius 1 is 1.30 bits per heavy atom. The van der Waals surface area contributed by atoms with E-state index in [1.165, 1.54) is 18.3 Å². The van der Waals surface area contributed by atoms with E-state index in [1.54, 1.807) is 17.0 Å². The number of aliphatic carboxylic acids is 1. The van der Waals surface area contributed by atoms with Crippen LogP contribution in [0.1, 0.15) is 23.2 Å². The lowest BCUT2D eigenvalue weighted by Crippen LogP contribution is -2.42. The van der Waals surface area contributed by atoms with Gasteiger partial charge in [-0.1, -0.05) is 0 Å². The fourth-order valence-corrected chi connectivity index (χ4v) is 2.82. The molecule has 23 heavy (non-hydrogen) atoms. The van der Waals surface area contributed by atoms with Crippen LogP contribution in [0.3, 0.4) is 0 Å². The van der Waals surface area contributed by atoms with E-state index in [9.17, 15) is 14.0 Å². The molecule has 120 valence electrons. The molecule has 1 unspecified atom stereocenters. The van der Waals surface area contributed by atoms with E-state index in [0.717, 1.165) is 0 Å². The van der Waals surface area contributed by atoms with Crippen LogP contribution in [0, 0.1) is 11.7 Å². The molecule has 7 heteroatoms. The molecule has 1 aromatic carbocycles. The summed E-state index contributed by atoms with van der Waals surface area (Å²) in [6.45, 7) is 0.721. The lowest BCUT2D eigenvalue weighted by molar-refractivity contribution is -0.143. The normalized spacial score (nSPS) is 18.0. The van der Waals surface area contributed by atoms with Crippen LogP contribution < -0.4 is 0 Å². The number of piperidine rings is 1.